The number of oxime groups is 1. The van der Waals surface area contributed by atoms with Crippen LogP contribution in [0.4, 0.5) is 0 Å². The fourth-order valence-corrected chi connectivity index (χ4v) is 2.75. The lowest BCUT2D eigenvalue weighted by atomic mass is 10.1. The zero-order valence-electron chi connectivity index (χ0n) is 12.0. The number of hydrogen-bond donors (Lipinski definition) is 2. The van der Waals surface area contributed by atoms with E-state index in [9.17, 15) is 4.79 Å². The predicted molar refractivity (Wildman–Crippen MR) is 83.5 cm³/mol. The lowest BCUT2D eigenvalue weighted by Crippen LogP contribution is -2.38. The average Bonchev–Trinajstić information content (AvgIpc) is 2.50. The summed E-state index contributed by atoms with van der Waals surface area (Å²) in [7, 11) is 1.82. The molecule has 6 heteroatoms. The lowest BCUT2D eigenvalue weighted by Gasteiger charge is -2.26. The van der Waals surface area contributed by atoms with Gasteiger partial charge in [0.1, 0.15) is 0 Å². The number of nitrogens with zero attached hydrogens (tertiary/aromatic N) is 2. The Bertz CT molecular complexity index is 474. The third-order valence-corrected chi connectivity index (χ3v) is 3.95. The number of benzene rings is 1. The molecule has 0 aliphatic carbocycles. The van der Waals surface area contributed by atoms with Crippen LogP contribution < -0.4 is 5.73 Å². The Hall–Kier alpha value is -1.69. The average molecular weight is 295 g/mol. The highest BCUT2D eigenvalue weighted by molar-refractivity contribution is 7.98. The van der Waals surface area contributed by atoms with Gasteiger partial charge in [0.2, 0.25) is 0 Å². The van der Waals surface area contributed by atoms with Gasteiger partial charge >= 0.3 is 0 Å². The highest BCUT2D eigenvalue weighted by Crippen LogP contribution is 2.13. The lowest BCUT2D eigenvalue weighted by molar-refractivity contribution is 0.0743. The molecule has 110 valence electrons. The first-order valence-electron chi connectivity index (χ1n) is 6.39. The Labute approximate surface area is 123 Å². The van der Waals surface area contributed by atoms with E-state index in [1.54, 1.807) is 40.9 Å². The minimum absolute atomic E-state index is 0.0167. The number of nitrogens with two attached hydrogens (primary N) is 1. The maximum atomic E-state index is 12.4. The third kappa shape index (κ3) is 3.90. The van der Waals surface area contributed by atoms with Gasteiger partial charge in [0.05, 0.1) is 0 Å². The van der Waals surface area contributed by atoms with Crippen LogP contribution in [0.3, 0.4) is 0 Å². The Kier molecular flexibility index (Phi) is 6.38. The van der Waals surface area contributed by atoms with Crippen molar-refractivity contribution < 1.29 is 10.0 Å². The predicted octanol–water partition coefficient (Wildman–Crippen LogP) is 1.99. The molecule has 0 radical (unpaired) electrons. The molecule has 20 heavy (non-hydrogen) atoms. The Balaban J connectivity index is 2.86. The van der Waals surface area contributed by atoms with E-state index in [-0.39, 0.29) is 17.8 Å². The smallest absolute Gasteiger partial charge is 0.253 e. The van der Waals surface area contributed by atoms with Crippen molar-refractivity contribution in [3.05, 3.63) is 35.4 Å². The molecule has 1 amide bonds. The largest absolute Gasteiger partial charge is 0.409 e. The normalized spacial score (nSPS) is 13.1. The molecule has 0 aromatic heterocycles. The van der Waals surface area contributed by atoms with Gasteiger partial charge in [-0.25, -0.2) is 0 Å². The van der Waals surface area contributed by atoms with Gasteiger partial charge in [0, 0.05) is 30.0 Å². The first-order chi connectivity index (χ1) is 9.54. The molecule has 1 aromatic carbocycles. The van der Waals surface area contributed by atoms with Gasteiger partial charge < -0.3 is 15.8 Å². The topological polar surface area (TPSA) is 78.9 Å². The number of amidine groups is 1. The minimum atomic E-state index is -0.0167. The molecule has 5 nitrogen and oxygen atoms in total. The molecule has 0 aliphatic rings. The maximum Gasteiger partial charge on any atom is 0.253 e. The molecule has 0 spiro atoms. The van der Waals surface area contributed by atoms with Crippen LogP contribution >= 0.6 is 11.8 Å². The molecular formula is C14H21N3O2S. The first-order valence-corrected chi connectivity index (χ1v) is 7.78. The van der Waals surface area contributed by atoms with E-state index in [0.717, 1.165) is 12.2 Å². The van der Waals surface area contributed by atoms with Gasteiger partial charge in [-0.15, -0.1) is 0 Å². The third-order valence-electron chi connectivity index (χ3n) is 3.23. The summed E-state index contributed by atoms with van der Waals surface area (Å²) in [6, 6.07) is 6.95. The fourth-order valence-electron chi connectivity index (χ4n) is 1.91. The van der Waals surface area contributed by atoms with Crippen molar-refractivity contribution in [2.24, 2.45) is 10.9 Å². The molecule has 1 aromatic rings. The highest BCUT2D eigenvalue weighted by atomic mass is 32.2. The van der Waals surface area contributed by atoms with E-state index >= 15 is 0 Å². The Morgan fingerprint density at radius 3 is 2.40 bits per heavy atom. The van der Waals surface area contributed by atoms with Crippen molar-refractivity contribution in [2.45, 2.75) is 19.4 Å². The van der Waals surface area contributed by atoms with Gasteiger partial charge in [-0.2, -0.15) is 11.8 Å². The van der Waals surface area contributed by atoms with E-state index in [1.165, 1.54) is 0 Å². The summed E-state index contributed by atoms with van der Waals surface area (Å²) in [6.07, 6.45) is 2.96. The zero-order chi connectivity index (χ0) is 15.1. The summed E-state index contributed by atoms with van der Waals surface area (Å²) >= 11 is 1.73. The van der Waals surface area contributed by atoms with E-state index in [0.29, 0.717) is 11.1 Å². The highest BCUT2D eigenvalue weighted by Gasteiger charge is 2.19. The Morgan fingerprint density at radius 1 is 1.40 bits per heavy atom. The number of carbonyl (C=O) groups excluding carboxylic acids is 1. The summed E-state index contributed by atoms with van der Waals surface area (Å²) < 4.78 is 0. The summed E-state index contributed by atoms with van der Waals surface area (Å²) in [5.74, 6) is 0.934. The summed E-state index contributed by atoms with van der Waals surface area (Å²) in [5.41, 5.74) is 6.68. The minimum Gasteiger partial charge on any atom is -0.409 e. The molecule has 0 saturated heterocycles. The Morgan fingerprint density at radius 2 is 1.95 bits per heavy atom. The molecule has 1 rings (SSSR count). The fraction of sp³-hybridized carbons (Fsp3) is 0.429. The second-order valence-corrected chi connectivity index (χ2v) is 5.41. The van der Waals surface area contributed by atoms with Gasteiger partial charge in [-0.3, -0.25) is 4.79 Å². The molecule has 0 fully saturated rings. The summed E-state index contributed by atoms with van der Waals surface area (Å²) in [4.78, 5) is 14.1. The SMILES string of the molecule is CCC(CSC)N(C)C(=O)c1ccc(/C(N)=N/O)cc1. The molecular weight excluding hydrogens is 274 g/mol. The van der Waals surface area contributed by atoms with E-state index < -0.39 is 0 Å². The second kappa shape index (κ2) is 7.79. The number of carbonyl (C=O) groups is 1. The molecule has 3 N–H and O–H groups in total. The van der Waals surface area contributed by atoms with Crippen molar-refractivity contribution in [3.63, 3.8) is 0 Å². The summed E-state index contributed by atoms with van der Waals surface area (Å²) in [6.45, 7) is 2.08. The maximum absolute atomic E-state index is 12.4. The van der Waals surface area contributed by atoms with Crippen molar-refractivity contribution in [1.82, 2.24) is 4.90 Å². The van der Waals surface area contributed by atoms with Crippen LogP contribution in [-0.2, 0) is 0 Å². The molecule has 0 bridgehead atoms. The molecule has 1 unspecified atom stereocenters. The van der Waals surface area contributed by atoms with Crippen LogP contribution in [0.5, 0.6) is 0 Å². The van der Waals surface area contributed by atoms with Crippen LogP contribution in [0, 0.1) is 0 Å². The zero-order valence-corrected chi connectivity index (χ0v) is 12.9. The second-order valence-electron chi connectivity index (χ2n) is 4.50. The van der Waals surface area contributed by atoms with Crippen molar-refractivity contribution >= 4 is 23.5 Å². The van der Waals surface area contributed by atoms with E-state index in [2.05, 4.69) is 12.1 Å². The van der Waals surface area contributed by atoms with Gasteiger partial charge in [-0.05, 0) is 24.8 Å². The van der Waals surface area contributed by atoms with E-state index in [1.807, 2.05) is 13.3 Å². The van der Waals surface area contributed by atoms with Gasteiger partial charge in [0.15, 0.2) is 5.84 Å². The summed E-state index contributed by atoms with van der Waals surface area (Å²) in [5, 5.41) is 11.5. The van der Waals surface area contributed by atoms with Crippen LogP contribution in [-0.4, -0.2) is 46.9 Å². The molecule has 0 saturated carbocycles. The molecule has 0 heterocycles. The monoisotopic (exact) mass is 295 g/mol. The number of thioether (sulfide) groups is 1. The van der Waals surface area contributed by atoms with Crippen molar-refractivity contribution in [2.75, 3.05) is 19.1 Å². The number of rotatable bonds is 6. The van der Waals surface area contributed by atoms with Gasteiger partial charge in [0.25, 0.3) is 5.91 Å². The molecule has 0 aliphatic heterocycles. The first kappa shape index (κ1) is 16.4. The standard InChI is InChI=1S/C14H21N3O2S/c1-4-12(9-20-3)17(2)14(18)11-7-5-10(6-8-11)13(15)16-19/h5-8,12,19H,4,9H2,1-3H3,(H2,15,16). The number of amides is 1. The van der Waals surface area contributed by atoms with Crippen LogP contribution in [0.15, 0.2) is 29.4 Å². The van der Waals surface area contributed by atoms with Gasteiger partial charge in [-0.1, -0.05) is 24.2 Å². The van der Waals surface area contributed by atoms with Crippen molar-refractivity contribution in [1.29, 1.82) is 0 Å². The van der Waals surface area contributed by atoms with Crippen molar-refractivity contribution in [3.8, 4) is 0 Å². The number of hydrogen-bond acceptors (Lipinski definition) is 4. The van der Waals surface area contributed by atoms with Crippen LogP contribution in [0.25, 0.3) is 0 Å². The molecule has 1 atom stereocenters. The quantitative estimate of drug-likeness (QED) is 0.364. The van der Waals surface area contributed by atoms with E-state index in [4.69, 9.17) is 10.9 Å². The van der Waals surface area contributed by atoms with Crippen LogP contribution in [0.1, 0.15) is 29.3 Å². The van der Waals surface area contributed by atoms with Crippen LogP contribution in [0.2, 0.25) is 0 Å².